The zero-order valence-corrected chi connectivity index (χ0v) is 14.1. The molecule has 0 aliphatic carbocycles. The quantitative estimate of drug-likeness (QED) is 0.619. The highest BCUT2D eigenvalue weighted by molar-refractivity contribution is 7.10. The lowest BCUT2D eigenvalue weighted by molar-refractivity contribution is -0.384. The second kappa shape index (κ2) is 7.69. The first-order valence-electron chi connectivity index (χ1n) is 7.24. The molecule has 2 amide bonds. The van der Waals surface area contributed by atoms with E-state index in [4.69, 9.17) is 0 Å². The Kier molecular flexibility index (Phi) is 5.64. The number of benzene rings is 1. The topological polar surface area (TPSA) is 101 Å². The molecule has 0 aliphatic heterocycles. The Labute approximate surface area is 142 Å². The maximum atomic E-state index is 12.1. The summed E-state index contributed by atoms with van der Waals surface area (Å²) in [7, 11) is 0. The van der Waals surface area contributed by atoms with Gasteiger partial charge in [0.1, 0.15) is 6.04 Å². The molecule has 0 spiro atoms. The third-order valence-corrected chi connectivity index (χ3v) is 4.47. The van der Waals surface area contributed by atoms with E-state index in [-0.39, 0.29) is 17.2 Å². The molecule has 24 heavy (non-hydrogen) atoms. The first-order chi connectivity index (χ1) is 11.4. The minimum atomic E-state index is -0.753. The molecule has 1 aromatic heterocycles. The number of hydrogen-bond acceptors (Lipinski definition) is 5. The predicted molar refractivity (Wildman–Crippen MR) is 90.9 cm³/mol. The van der Waals surface area contributed by atoms with Crippen LogP contribution in [0.15, 0.2) is 35.7 Å². The molecule has 1 unspecified atom stereocenters. The fraction of sp³-hybridized carbons (Fsp3) is 0.250. The van der Waals surface area contributed by atoms with Crippen LogP contribution in [0, 0.1) is 17.0 Å². The molecule has 0 fully saturated rings. The Hall–Kier alpha value is -2.74. The van der Waals surface area contributed by atoms with Gasteiger partial charge in [-0.05, 0) is 36.9 Å². The number of aryl methyl sites for hydroxylation is 1. The van der Waals surface area contributed by atoms with E-state index in [1.54, 1.807) is 18.3 Å². The number of nitrogens with zero attached hydrogens (tertiary/aromatic N) is 1. The molecule has 0 saturated heterocycles. The van der Waals surface area contributed by atoms with Crippen molar-refractivity contribution in [1.82, 2.24) is 10.6 Å². The fourth-order valence-electron chi connectivity index (χ4n) is 2.01. The third-order valence-electron chi connectivity index (χ3n) is 3.45. The number of nitrogens with one attached hydrogen (secondary N) is 2. The van der Waals surface area contributed by atoms with E-state index >= 15 is 0 Å². The van der Waals surface area contributed by atoms with Crippen LogP contribution in [0.3, 0.4) is 0 Å². The maximum Gasteiger partial charge on any atom is 0.270 e. The number of non-ortho nitro benzene ring substituents is 1. The van der Waals surface area contributed by atoms with Crippen LogP contribution in [-0.2, 0) is 11.3 Å². The van der Waals surface area contributed by atoms with Crippen LogP contribution in [0.4, 0.5) is 5.69 Å². The predicted octanol–water partition coefficient (Wildman–Crippen LogP) is 2.40. The van der Waals surface area contributed by atoms with Crippen molar-refractivity contribution in [3.63, 3.8) is 0 Å². The summed E-state index contributed by atoms with van der Waals surface area (Å²) in [5.41, 5.74) is 1.07. The van der Waals surface area contributed by atoms with Crippen molar-refractivity contribution in [1.29, 1.82) is 0 Å². The molecule has 0 radical (unpaired) electrons. The van der Waals surface area contributed by atoms with Gasteiger partial charge < -0.3 is 10.6 Å². The molecule has 0 aliphatic rings. The number of nitro benzene ring substituents is 1. The van der Waals surface area contributed by atoms with Gasteiger partial charge in [0.15, 0.2) is 0 Å². The Morgan fingerprint density at radius 3 is 2.71 bits per heavy atom. The zero-order chi connectivity index (χ0) is 17.7. The van der Waals surface area contributed by atoms with Gasteiger partial charge in [-0.2, -0.15) is 0 Å². The smallest absolute Gasteiger partial charge is 0.270 e. The van der Waals surface area contributed by atoms with E-state index in [0.29, 0.717) is 6.54 Å². The van der Waals surface area contributed by atoms with Crippen molar-refractivity contribution in [3.8, 4) is 0 Å². The Morgan fingerprint density at radius 1 is 1.33 bits per heavy atom. The van der Waals surface area contributed by atoms with Crippen LogP contribution < -0.4 is 10.6 Å². The summed E-state index contributed by atoms with van der Waals surface area (Å²) in [6.07, 6.45) is 0. The Morgan fingerprint density at radius 2 is 2.08 bits per heavy atom. The van der Waals surface area contributed by atoms with Crippen LogP contribution in [0.5, 0.6) is 0 Å². The monoisotopic (exact) mass is 347 g/mol. The van der Waals surface area contributed by atoms with Gasteiger partial charge in [0, 0.05) is 22.6 Å². The second-order valence-electron chi connectivity index (χ2n) is 5.25. The lowest BCUT2D eigenvalue weighted by Crippen LogP contribution is -2.44. The van der Waals surface area contributed by atoms with E-state index in [1.165, 1.54) is 24.3 Å². The van der Waals surface area contributed by atoms with E-state index in [9.17, 15) is 19.7 Å². The molecule has 0 bridgehead atoms. The highest BCUT2D eigenvalue weighted by atomic mass is 32.1. The molecule has 2 rings (SSSR count). The van der Waals surface area contributed by atoms with E-state index < -0.39 is 16.9 Å². The van der Waals surface area contributed by atoms with Gasteiger partial charge in [0.05, 0.1) is 11.5 Å². The van der Waals surface area contributed by atoms with Crippen molar-refractivity contribution in [3.05, 3.63) is 61.8 Å². The number of amides is 2. The molecule has 0 saturated carbocycles. The molecule has 7 nitrogen and oxygen atoms in total. The van der Waals surface area contributed by atoms with Gasteiger partial charge in [-0.15, -0.1) is 11.3 Å². The van der Waals surface area contributed by atoms with Gasteiger partial charge in [0.2, 0.25) is 5.91 Å². The second-order valence-corrected chi connectivity index (χ2v) is 6.25. The molecule has 1 heterocycles. The molecular weight excluding hydrogens is 330 g/mol. The number of nitro groups is 1. The summed E-state index contributed by atoms with van der Waals surface area (Å²) in [4.78, 5) is 35.4. The van der Waals surface area contributed by atoms with E-state index in [0.717, 1.165) is 10.4 Å². The third kappa shape index (κ3) is 4.39. The van der Waals surface area contributed by atoms with Crippen molar-refractivity contribution in [2.24, 2.45) is 0 Å². The van der Waals surface area contributed by atoms with Crippen LogP contribution in [-0.4, -0.2) is 22.8 Å². The van der Waals surface area contributed by atoms with Crippen molar-refractivity contribution < 1.29 is 14.5 Å². The van der Waals surface area contributed by atoms with Crippen LogP contribution in [0.25, 0.3) is 0 Å². The fourth-order valence-corrected chi connectivity index (χ4v) is 2.86. The van der Waals surface area contributed by atoms with Gasteiger partial charge in [-0.1, -0.05) is 6.07 Å². The first-order valence-corrected chi connectivity index (χ1v) is 8.12. The first kappa shape index (κ1) is 17.6. The molecule has 2 N–H and O–H groups in total. The average Bonchev–Trinajstić information content (AvgIpc) is 2.97. The van der Waals surface area contributed by atoms with Gasteiger partial charge in [-0.25, -0.2) is 0 Å². The van der Waals surface area contributed by atoms with Crippen molar-refractivity contribution in [2.75, 3.05) is 0 Å². The number of rotatable bonds is 6. The number of carbonyl (C=O) groups is 2. The number of thiophene rings is 1. The Balaban J connectivity index is 1.93. The summed E-state index contributed by atoms with van der Waals surface area (Å²) in [6.45, 7) is 3.93. The summed E-state index contributed by atoms with van der Waals surface area (Å²) >= 11 is 1.55. The maximum absolute atomic E-state index is 12.1. The number of hydrogen-bond donors (Lipinski definition) is 2. The lowest BCUT2D eigenvalue weighted by Gasteiger charge is -2.14. The molecule has 1 aromatic carbocycles. The van der Waals surface area contributed by atoms with Crippen LogP contribution in [0.2, 0.25) is 0 Å². The standard InChI is InChI=1S/C16H17N3O4S/c1-10-6-7-24-14(10)9-17-15(20)11(2)18-16(21)12-4-3-5-13(8-12)19(22)23/h3-8,11H,9H2,1-2H3,(H,17,20)(H,18,21). The summed E-state index contributed by atoms with van der Waals surface area (Å²) < 4.78 is 0. The van der Waals surface area contributed by atoms with Crippen LogP contribution in [0.1, 0.15) is 27.7 Å². The van der Waals surface area contributed by atoms with Gasteiger partial charge in [-0.3, -0.25) is 19.7 Å². The van der Waals surface area contributed by atoms with Gasteiger partial charge in [0.25, 0.3) is 11.6 Å². The molecular formula is C16H17N3O4S. The summed E-state index contributed by atoms with van der Waals surface area (Å²) in [5.74, 6) is -0.852. The van der Waals surface area contributed by atoms with Crippen LogP contribution >= 0.6 is 11.3 Å². The highest BCUT2D eigenvalue weighted by Crippen LogP contribution is 2.15. The lowest BCUT2D eigenvalue weighted by atomic mass is 10.1. The summed E-state index contributed by atoms with van der Waals surface area (Å²) in [5, 5.41) is 18.0. The van der Waals surface area contributed by atoms with Crippen molar-refractivity contribution in [2.45, 2.75) is 26.4 Å². The molecule has 8 heteroatoms. The minimum Gasteiger partial charge on any atom is -0.349 e. The van der Waals surface area contributed by atoms with E-state index in [1.807, 2.05) is 18.4 Å². The minimum absolute atomic E-state index is 0.137. The Bertz CT molecular complexity index is 772. The van der Waals surface area contributed by atoms with E-state index in [2.05, 4.69) is 10.6 Å². The molecule has 126 valence electrons. The zero-order valence-electron chi connectivity index (χ0n) is 13.2. The number of carbonyl (C=O) groups excluding carboxylic acids is 2. The highest BCUT2D eigenvalue weighted by Gasteiger charge is 2.18. The normalized spacial score (nSPS) is 11.6. The summed E-state index contributed by atoms with van der Waals surface area (Å²) in [6, 6.07) is 6.58. The SMILES string of the molecule is Cc1ccsc1CNC(=O)C(C)NC(=O)c1cccc([N+](=O)[O-])c1. The molecule has 2 aromatic rings. The largest absolute Gasteiger partial charge is 0.349 e. The van der Waals surface area contributed by atoms with Gasteiger partial charge >= 0.3 is 0 Å². The average molecular weight is 347 g/mol. The molecule has 1 atom stereocenters. The van der Waals surface area contributed by atoms with Crippen molar-refractivity contribution >= 4 is 28.8 Å².